The minimum Gasteiger partial charge on any atom is -0.397 e. The van der Waals surface area contributed by atoms with Crippen LogP contribution in [0.2, 0.25) is 0 Å². The molecule has 3 nitrogen and oxygen atoms in total. The Labute approximate surface area is 78.7 Å². The first-order valence-corrected chi connectivity index (χ1v) is 3.93. The Hall–Kier alpha value is -0.640. The van der Waals surface area contributed by atoms with E-state index in [9.17, 15) is 4.79 Å². The third-order valence-electron chi connectivity index (χ3n) is 1.77. The molecule has 0 saturated carbocycles. The van der Waals surface area contributed by atoms with Gasteiger partial charge < -0.3 is 9.64 Å². The molecule has 0 aliphatic carbocycles. The molecule has 0 aromatic heterocycles. The van der Waals surface area contributed by atoms with Crippen LogP contribution in [0.1, 0.15) is 21.3 Å². The number of carbonyl (C=O) groups is 1. The van der Waals surface area contributed by atoms with Crippen LogP contribution in [-0.4, -0.2) is 29.1 Å². The number of rotatable bonds is 1. The van der Waals surface area contributed by atoms with Crippen LogP contribution in [0.4, 0.5) is 0 Å². The van der Waals surface area contributed by atoms with Crippen molar-refractivity contribution in [3.8, 4) is 0 Å². The Morgan fingerprint density at radius 3 is 2.25 bits per heavy atom. The molecule has 0 aromatic carbocycles. The first-order valence-electron chi connectivity index (χ1n) is 3.52. The van der Waals surface area contributed by atoms with Crippen molar-refractivity contribution < 1.29 is 9.53 Å². The van der Waals surface area contributed by atoms with E-state index >= 15 is 0 Å². The van der Waals surface area contributed by atoms with E-state index in [1.165, 1.54) is 0 Å². The highest BCUT2D eigenvalue weighted by molar-refractivity contribution is 7.80. The van der Waals surface area contributed by atoms with Gasteiger partial charge in [-0.3, -0.25) is 0 Å². The van der Waals surface area contributed by atoms with Crippen molar-refractivity contribution in [2.75, 3.05) is 7.05 Å². The summed E-state index contributed by atoms with van der Waals surface area (Å²) in [6.45, 7) is 3.94. The molecule has 0 radical (unpaired) electrons. The SMILES string of the molecule is C.CC(C)C1C(=O)OC(=S)N1C. The second kappa shape index (κ2) is 3.85. The number of thiocarbonyl (C=S) groups is 1. The van der Waals surface area contributed by atoms with Crippen LogP contribution in [0.5, 0.6) is 0 Å². The van der Waals surface area contributed by atoms with Crippen molar-refractivity contribution >= 4 is 23.4 Å². The maximum atomic E-state index is 11.1. The summed E-state index contributed by atoms with van der Waals surface area (Å²) >= 11 is 4.80. The fraction of sp³-hybridized carbons (Fsp3) is 0.750. The smallest absolute Gasteiger partial charge is 0.336 e. The van der Waals surface area contributed by atoms with Gasteiger partial charge in [-0.1, -0.05) is 21.3 Å². The molecule has 4 heteroatoms. The van der Waals surface area contributed by atoms with E-state index in [4.69, 9.17) is 17.0 Å². The summed E-state index contributed by atoms with van der Waals surface area (Å²) in [4.78, 5) is 12.8. The van der Waals surface area contributed by atoms with Gasteiger partial charge in [0.05, 0.1) is 0 Å². The number of esters is 1. The number of hydrogen-bond donors (Lipinski definition) is 0. The Morgan fingerprint density at radius 1 is 1.58 bits per heavy atom. The Balaban J connectivity index is 0.00000121. The Kier molecular flexibility index (Phi) is 3.64. The highest BCUT2D eigenvalue weighted by atomic mass is 32.1. The zero-order valence-corrected chi connectivity index (χ0v) is 7.64. The third-order valence-corrected chi connectivity index (χ3v) is 2.14. The van der Waals surface area contributed by atoms with Gasteiger partial charge in [0.25, 0.3) is 5.17 Å². The molecule has 0 aromatic rings. The summed E-state index contributed by atoms with van der Waals surface area (Å²) in [6.07, 6.45) is 0. The van der Waals surface area contributed by atoms with Crippen molar-refractivity contribution in [3.63, 3.8) is 0 Å². The molecule has 1 heterocycles. The van der Waals surface area contributed by atoms with Crippen LogP contribution in [0, 0.1) is 5.92 Å². The van der Waals surface area contributed by atoms with Crippen LogP contribution in [0.15, 0.2) is 0 Å². The molecule has 0 bridgehead atoms. The lowest BCUT2D eigenvalue weighted by Gasteiger charge is -2.18. The number of cyclic esters (lactones) is 1. The van der Waals surface area contributed by atoms with Crippen LogP contribution in [-0.2, 0) is 9.53 Å². The molecule has 1 saturated heterocycles. The summed E-state index contributed by atoms with van der Waals surface area (Å²) < 4.78 is 4.77. The van der Waals surface area contributed by atoms with Gasteiger partial charge in [0.15, 0.2) is 0 Å². The molecule has 0 amide bonds. The van der Waals surface area contributed by atoms with Gasteiger partial charge in [-0.25, -0.2) is 4.79 Å². The summed E-state index contributed by atoms with van der Waals surface area (Å²) in [5.74, 6) is 0.0143. The van der Waals surface area contributed by atoms with Crippen LogP contribution in [0.3, 0.4) is 0 Å². The summed E-state index contributed by atoms with van der Waals surface area (Å²) in [6, 6.07) is -0.192. The summed E-state index contributed by atoms with van der Waals surface area (Å²) in [7, 11) is 1.78. The molecule has 1 rings (SSSR count). The molecule has 1 unspecified atom stereocenters. The van der Waals surface area contributed by atoms with Crippen molar-refractivity contribution in [1.82, 2.24) is 4.90 Å². The Morgan fingerprint density at radius 2 is 2.08 bits per heavy atom. The van der Waals surface area contributed by atoms with Crippen molar-refractivity contribution in [2.24, 2.45) is 5.92 Å². The van der Waals surface area contributed by atoms with Crippen LogP contribution in [0.25, 0.3) is 0 Å². The monoisotopic (exact) mass is 189 g/mol. The third kappa shape index (κ3) is 1.75. The van der Waals surface area contributed by atoms with Crippen LogP contribution >= 0.6 is 12.2 Å². The van der Waals surface area contributed by atoms with E-state index < -0.39 is 0 Å². The largest absolute Gasteiger partial charge is 0.397 e. The van der Waals surface area contributed by atoms with Gasteiger partial charge in [0, 0.05) is 7.05 Å². The highest BCUT2D eigenvalue weighted by Crippen LogP contribution is 2.18. The second-order valence-corrected chi connectivity index (χ2v) is 3.34. The zero-order valence-electron chi connectivity index (χ0n) is 6.83. The van der Waals surface area contributed by atoms with Gasteiger partial charge in [0.1, 0.15) is 6.04 Å². The maximum absolute atomic E-state index is 11.1. The molecule has 0 spiro atoms. The molecule has 1 atom stereocenters. The van der Waals surface area contributed by atoms with Gasteiger partial charge in [-0.15, -0.1) is 0 Å². The number of carbonyl (C=O) groups excluding carboxylic acids is 1. The topological polar surface area (TPSA) is 29.5 Å². The molecular formula is C8H15NO2S. The summed E-state index contributed by atoms with van der Waals surface area (Å²) in [5.41, 5.74) is 0. The lowest BCUT2D eigenvalue weighted by molar-refractivity contribution is -0.136. The van der Waals surface area contributed by atoms with Crippen LogP contribution < -0.4 is 0 Å². The number of nitrogens with zero attached hydrogens (tertiary/aromatic N) is 1. The van der Waals surface area contributed by atoms with E-state index in [0.717, 1.165) is 0 Å². The minimum atomic E-state index is -0.229. The standard InChI is InChI=1S/C7H11NO2S.CH4/c1-4(2)5-6(9)10-7(11)8(5)3;/h4-5H,1-3H3;1H4. The fourth-order valence-electron chi connectivity index (χ4n) is 1.21. The molecule has 1 aliphatic rings. The molecular weight excluding hydrogens is 174 g/mol. The molecule has 1 aliphatic heterocycles. The normalized spacial score (nSPS) is 22.7. The molecule has 70 valence electrons. The van der Waals surface area contributed by atoms with Gasteiger partial charge in [0.2, 0.25) is 0 Å². The lowest BCUT2D eigenvalue weighted by atomic mass is 10.1. The predicted octanol–water partition coefficient (Wildman–Crippen LogP) is 1.42. The predicted molar refractivity (Wildman–Crippen MR) is 51.8 cm³/mol. The van der Waals surface area contributed by atoms with Gasteiger partial charge in [-0.2, -0.15) is 0 Å². The number of likely N-dealkylation sites (N-methyl/N-ethyl adjacent to an activating group) is 1. The fourth-order valence-corrected chi connectivity index (χ4v) is 1.41. The van der Waals surface area contributed by atoms with E-state index in [1.54, 1.807) is 11.9 Å². The first kappa shape index (κ1) is 11.4. The lowest BCUT2D eigenvalue weighted by Crippen LogP contribution is -2.35. The van der Waals surface area contributed by atoms with Crippen molar-refractivity contribution in [1.29, 1.82) is 0 Å². The molecule has 12 heavy (non-hydrogen) atoms. The van der Waals surface area contributed by atoms with E-state index in [1.807, 2.05) is 13.8 Å². The quantitative estimate of drug-likeness (QED) is 0.461. The Bertz CT molecular complexity index is 203. The number of hydrogen-bond acceptors (Lipinski definition) is 3. The molecule has 0 N–H and O–H groups in total. The van der Waals surface area contributed by atoms with E-state index in [2.05, 4.69) is 0 Å². The first-order chi connectivity index (χ1) is 5.04. The van der Waals surface area contributed by atoms with Gasteiger partial charge >= 0.3 is 5.97 Å². The van der Waals surface area contributed by atoms with E-state index in [-0.39, 0.29) is 30.5 Å². The van der Waals surface area contributed by atoms with Crippen molar-refractivity contribution in [2.45, 2.75) is 27.3 Å². The average molecular weight is 189 g/mol. The van der Waals surface area contributed by atoms with E-state index in [0.29, 0.717) is 0 Å². The van der Waals surface area contributed by atoms with Gasteiger partial charge in [-0.05, 0) is 18.1 Å². The maximum Gasteiger partial charge on any atom is 0.336 e. The highest BCUT2D eigenvalue weighted by Gasteiger charge is 2.37. The zero-order chi connectivity index (χ0) is 8.59. The molecule has 1 fully saturated rings. The number of ether oxygens (including phenoxy) is 1. The van der Waals surface area contributed by atoms with Crippen molar-refractivity contribution in [3.05, 3.63) is 0 Å². The average Bonchev–Trinajstić information content (AvgIpc) is 2.07. The minimum absolute atomic E-state index is 0. The summed E-state index contributed by atoms with van der Waals surface area (Å²) in [5, 5.41) is 0.286. The second-order valence-electron chi connectivity index (χ2n) is 2.99.